The zero-order valence-corrected chi connectivity index (χ0v) is 13.9. The van der Waals surface area contributed by atoms with Crippen molar-refractivity contribution in [2.45, 2.75) is 25.2 Å². The number of thiophene rings is 1. The van der Waals surface area contributed by atoms with Crippen molar-refractivity contribution in [2.24, 2.45) is 0 Å². The molecule has 2 aromatic rings. The van der Waals surface area contributed by atoms with Gasteiger partial charge < -0.3 is 8.92 Å². The first-order chi connectivity index (χ1) is 9.92. The molecule has 0 saturated carbocycles. The Hall–Kier alpha value is -1.37. The van der Waals surface area contributed by atoms with E-state index < -0.39 is 10.1 Å². The van der Waals surface area contributed by atoms with Gasteiger partial charge in [0.1, 0.15) is 10.6 Å². The summed E-state index contributed by atoms with van der Waals surface area (Å²) in [4.78, 5) is 1.93. The molecule has 2 rings (SSSR count). The van der Waals surface area contributed by atoms with Gasteiger partial charge in [0, 0.05) is 16.9 Å². The fraction of sp³-hybridized carbons (Fsp3) is 0.333. The second-order valence-corrected chi connectivity index (χ2v) is 7.68. The van der Waals surface area contributed by atoms with Crippen molar-refractivity contribution >= 4 is 21.5 Å². The lowest BCUT2D eigenvalue weighted by atomic mass is 10.1. The smallest absolute Gasteiger partial charge is 0.340 e. The Bertz CT molecular complexity index is 700. The van der Waals surface area contributed by atoms with Crippen molar-refractivity contribution in [3.8, 4) is 5.75 Å². The van der Waals surface area contributed by atoms with E-state index in [2.05, 4.69) is 0 Å². The molecule has 21 heavy (non-hydrogen) atoms. The maximum Gasteiger partial charge on any atom is 0.340 e. The van der Waals surface area contributed by atoms with Crippen LogP contribution in [0.2, 0.25) is 0 Å². The molecule has 1 aromatic heterocycles. The molecule has 0 aliphatic carbocycles. The van der Waals surface area contributed by atoms with Crippen LogP contribution in [0, 0.1) is 13.8 Å². The Kier molecular flexibility index (Phi) is 5.03. The highest BCUT2D eigenvalue weighted by molar-refractivity contribution is 7.87. The minimum atomic E-state index is -3.77. The molecule has 0 radical (unpaired) electrons. The summed E-state index contributed by atoms with van der Waals surface area (Å²) in [6.45, 7) is 4.29. The number of methoxy groups -OCH3 is 1. The second kappa shape index (κ2) is 6.60. The number of hydrogen-bond donors (Lipinski definition) is 0. The highest BCUT2D eigenvalue weighted by atomic mass is 32.2. The Morgan fingerprint density at radius 3 is 2.33 bits per heavy atom. The highest BCUT2D eigenvalue weighted by Crippen LogP contribution is 2.27. The zero-order valence-electron chi connectivity index (χ0n) is 12.3. The van der Waals surface area contributed by atoms with Gasteiger partial charge in [-0.05, 0) is 44.0 Å². The van der Waals surface area contributed by atoms with Gasteiger partial charge in [-0.25, -0.2) is 0 Å². The van der Waals surface area contributed by atoms with E-state index >= 15 is 0 Å². The Balaban J connectivity index is 2.15. The molecular formula is C15H18O4S2. The molecule has 4 nitrogen and oxygen atoms in total. The molecule has 0 atom stereocenters. The molecule has 114 valence electrons. The molecule has 0 saturated heterocycles. The summed E-state index contributed by atoms with van der Waals surface area (Å²) >= 11 is 1.45. The van der Waals surface area contributed by atoms with Gasteiger partial charge in [-0.3, -0.25) is 0 Å². The normalized spacial score (nSPS) is 11.6. The quantitative estimate of drug-likeness (QED) is 0.764. The topological polar surface area (TPSA) is 52.6 Å². The SMILES string of the molecule is COCCc1ccc(OS(=O)(=O)c2cc(C)sc2C)cc1. The number of benzene rings is 1. The largest absolute Gasteiger partial charge is 0.384 e. The molecule has 0 aliphatic heterocycles. The summed E-state index contributed by atoms with van der Waals surface area (Å²) in [6, 6.07) is 8.65. The van der Waals surface area contributed by atoms with Crippen LogP contribution in [-0.4, -0.2) is 22.1 Å². The second-order valence-electron chi connectivity index (χ2n) is 4.70. The van der Waals surface area contributed by atoms with Crippen LogP contribution in [0.4, 0.5) is 0 Å². The molecule has 1 aromatic carbocycles. The van der Waals surface area contributed by atoms with E-state index in [0.717, 1.165) is 21.7 Å². The predicted molar refractivity (Wildman–Crippen MR) is 83.6 cm³/mol. The van der Waals surface area contributed by atoms with Crippen molar-refractivity contribution in [1.29, 1.82) is 0 Å². The first-order valence-electron chi connectivity index (χ1n) is 6.52. The van der Waals surface area contributed by atoms with Crippen molar-refractivity contribution in [2.75, 3.05) is 13.7 Å². The van der Waals surface area contributed by atoms with E-state index in [1.54, 1.807) is 32.2 Å². The van der Waals surface area contributed by atoms with Crippen LogP contribution >= 0.6 is 11.3 Å². The molecule has 0 N–H and O–H groups in total. The summed E-state index contributed by atoms with van der Waals surface area (Å²) < 4.78 is 34.7. The summed E-state index contributed by atoms with van der Waals surface area (Å²) in [7, 11) is -2.12. The van der Waals surface area contributed by atoms with Crippen LogP contribution in [-0.2, 0) is 21.3 Å². The lowest BCUT2D eigenvalue weighted by molar-refractivity contribution is 0.202. The van der Waals surface area contributed by atoms with Gasteiger partial charge >= 0.3 is 10.1 Å². The van der Waals surface area contributed by atoms with E-state index in [1.165, 1.54) is 11.3 Å². The monoisotopic (exact) mass is 326 g/mol. The first kappa shape index (κ1) is 16.0. The molecular weight excluding hydrogens is 308 g/mol. The standard InChI is InChI=1S/C15H18O4S2/c1-11-10-15(12(2)20-11)21(16,17)19-14-6-4-13(5-7-14)8-9-18-3/h4-7,10H,8-9H2,1-3H3. The minimum absolute atomic E-state index is 0.244. The predicted octanol–water partition coefficient (Wildman–Crippen LogP) is 3.32. The summed E-state index contributed by atoms with van der Waals surface area (Å²) in [5.74, 6) is 0.319. The average molecular weight is 326 g/mol. The Morgan fingerprint density at radius 2 is 1.81 bits per heavy atom. The number of rotatable bonds is 6. The molecule has 1 heterocycles. The zero-order chi connectivity index (χ0) is 15.5. The van der Waals surface area contributed by atoms with Crippen molar-refractivity contribution in [1.82, 2.24) is 0 Å². The number of aryl methyl sites for hydroxylation is 2. The third-order valence-corrected chi connectivity index (χ3v) is 5.46. The van der Waals surface area contributed by atoms with Crippen LogP contribution in [0.25, 0.3) is 0 Å². The van der Waals surface area contributed by atoms with Gasteiger partial charge in [0.25, 0.3) is 0 Å². The van der Waals surface area contributed by atoms with Gasteiger partial charge in [0.2, 0.25) is 0 Å². The summed E-state index contributed by atoms with van der Waals surface area (Å²) in [6.07, 6.45) is 0.784. The third-order valence-electron chi connectivity index (χ3n) is 2.99. The lowest BCUT2D eigenvalue weighted by Crippen LogP contribution is -2.10. The Labute approximate surface area is 129 Å². The summed E-state index contributed by atoms with van der Waals surface area (Å²) in [5.41, 5.74) is 1.07. The maximum absolute atomic E-state index is 12.3. The highest BCUT2D eigenvalue weighted by Gasteiger charge is 2.21. The molecule has 6 heteroatoms. The molecule has 0 aliphatic rings. The van der Waals surface area contributed by atoms with Crippen molar-refractivity contribution in [3.63, 3.8) is 0 Å². The molecule has 0 amide bonds. The fourth-order valence-corrected chi connectivity index (χ4v) is 4.41. The van der Waals surface area contributed by atoms with Gasteiger partial charge in [-0.1, -0.05) is 12.1 Å². The van der Waals surface area contributed by atoms with E-state index in [9.17, 15) is 8.42 Å². The van der Waals surface area contributed by atoms with E-state index in [1.807, 2.05) is 19.1 Å². The lowest BCUT2D eigenvalue weighted by Gasteiger charge is -2.07. The van der Waals surface area contributed by atoms with Crippen molar-refractivity contribution in [3.05, 3.63) is 45.6 Å². The van der Waals surface area contributed by atoms with E-state index in [4.69, 9.17) is 8.92 Å². The summed E-state index contributed by atoms with van der Waals surface area (Å²) in [5, 5.41) is 0. The maximum atomic E-state index is 12.3. The van der Waals surface area contributed by atoms with E-state index in [-0.39, 0.29) is 4.90 Å². The van der Waals surface area contributed by atoms with Crippen molar-refractivity contribution < 1.29 is 17.3 Å². The minimum Gasteiger partial charge on any atom is -0.384 e. The van der Waals surface area contributed by atoms with Gasteiger partial charge in [0.05, 0.1) is 6.61 Å². The van der Waals surface area contributed by atoms with E-state index in [0.29, 0.717) is 12.4 Å². The van der Waals surface area contributed by atoms with Gasteiger partial charge in [-0.15, -0.1) is 11.3 Å². The average Bonchev–Trinajstić information content (AvgIpc) is 2.77. The van der Waals surface area contributed by atoms with Crippen LogP contribution in [0.1, 0.15) is 15.3 Å². The molecule has 0 fully saturated rings. The van der Waals surface area contributed by atoms with Crippen LogP contribution < -0.4 is 4.18 Å². The molecule has 0 unspecified atom stereocenters. The van der Waals surface area contributed by atoms with Crippen LogP contribution in [0.5, 0.6) is 5.75 Å². The van der Waals surface area contributed by atoms with Crippen LogP contribution in [0.15, 0.2) is 35.2 Å². The van der Waals surface area contributed by atoms with Gasteiger partial charge in [0.15, 0.2) is 0 Å². The molecule has 0 spiro atoms. The number of ether oxygens (including phenoxy) is 1. The fourth-order valence-electron chi connectivity index (χ4n) is 1.96. The molecule has 0 bridgehead atoms. The third kappa shape index (κ3) is 4.06. The first-order valence-corrected chi connectivity index (χ1v) is 8.74. The number of hydrogen-bond acceptors (Lipinski definition) is 5. The Morgan fingerprint density at radius 1 is 1.14 bits per heavy atom. The van der Waals surface area contributed by atoms with Gasteiger partial charge in [-0.2, -0.15) is 8.42 Å². The van der Waals surface area contributed by atoms with Crippen LogP contribution in [0.3, 0.4) is 0 Å².